The van der Waals surface area contributed by atoms with Crippen molar-refractivity contribution < 1.29 is 34.0 Å². The van der Waals surface area contributed by atoms with Crippen LogP contribution in [0, 0.1) is 11.8 Å². The number of unbranched alkanes of at least 4 members (excludes halogenated alkanes) is 2. The van der Waals surface area contributed by atoms with Gasteiger partial charge in [0.1, 0.15) is 6.04 Å². The van der Waals surface area contributed by atoms with Gasteiger partial charge in [0.15, 0.2) is 0 Å². The van der Waals surface area contributed by atoms with E-state index in [-0.39, 0.29) is 31.5 Å². The summed E-state index contributed by atoms with van der Waals surface area (Å²) in [6.45, 7) is 2.44. The molecular formula is C22H39N4O6+. The third-order valence-corrected chi connectivity index (χ3v) is 6.95. The molecule has 6 amide bonds. The third-order valence-electron chi connectivity index (χ3n) is 6.95. The number of hydroxylamine groups is 2. The first kappa shape index (κ1) is 26.2. The molecule has 1 unspecified atom stereocenters. The maximum Gasteiger partial charge on any atom is 0.432 e. The standard InChI is InChI=1S/C22H38N4O6/c1-17-8-7-12-26(17,22(31)24-21(30)23-11-5-2-6-13-27)20(29)19(15-25(32)16-28)14-18-9-3-4-10-18/h16-19,27,32H,2-15H2,1H3,(H-,23,24,30,31)/p+1/t17-,19-,26?/m1/s1. The highest BCUT2D eigenvalue weighted by Gasteiger charge is 2.55. The van der Waals surface area contributed by atoms with Crippen molar-refractivity contribution in [3.63, 3.8) is 0 Å². The van der Waals surface area contributed by atoms with Gasteiger partial charge in [0, 0.05) is 26.0 Å². The number of rotatable bonds is 11. The fraction of sp³-hybridized carbons (Fsp3) is 0.818. The Morgan fingerprint density at radius 3 is 2.44 bits per heavy atom. The van der Waals surface area contributed by atoms with Gasteiger partial charge in [-0.05, 0) is 38.5 Å². The average molecular weight is 456 g/mol. The highest BCUT2D eigenvalue weighted by atomic mass is 16.5. The second-order valence-electron chi connectivity index (χ2n) is 9.20. The minimum absolute atomic E-state index is 0.0993. The predicted octanol–water partition coefficient (Wildman–Crippen LogP) is 2.14. The molecule has 0 spiro atoms. The third kappa shape index (κ3) is 6.73. The van der Waals surface area contributed by atoms with Crippen LogP contribution in [-0.2, 0) is 9.59 Å². The first-order valence-corrected chi connectivity index (χ1v) is 11.9. The molecule has 182 valence electrons. The first-order chi connectivity index (χ1) is 15.3. The first-order valence-electron chi connectivity index (χ1n) is 11.9. The van der Waals surface area contributed by atoms with Crippen LogP contribution in [0.15, 0.2) is 0 Å². The van der Waals surface area contributed by atoms with Crippen molar-refractivity contribution in [3.8, 4) is 0 Å². The molecule has 2 rings (SSSR count). The molecule has 1 aliphatic heterocycles. The quantitative estimate of drug-likeness (QED) is 0.124. The maximum absolute atomic E-state index is 13.8. The van der Waals surface area contributed by atoms with Gasteiger partial charge < -0.3 is 10.4 Å². The van der Waals surface area contributed by atoms with E-state index in [9.17, 15) is 24.4 Å². The number of hydrogen-bond donors (Lipinski definition) is 4. The van der Waals surface area contributed by atoms with Crippen LogP contribution in [0.3, 0.4) is 0 Å². The number of aliphatic hydroxyl groups is 1. The number of aliphatic hydroxyl groups excluding tert-OH is 1. The van der Waals surface area contributed by atoms with Crippen molar-refractivity contribution in [3.05, 3.63) is 0 Å². The number of quaternary nitrogens is 1. The van der Waals surface area contributed by atoms with Gasteiger partial charge in [-0.2, -0.15) is 4.48 Å². The Bertz CT molecular complexity index is 654. The molecule has 0 aromatic carbocycles. The highest BCUT2D eigenvalue weighted by molar-refractivity contribution is 5.95. The van der Waals surface area contributed by atoms with Crippen LogP contribution in [0.25, 0.3) is 0 Å². The molecule has 0 bridgehead atoms. The summed E-state index contributed by atoms with van der Waals surface area (Å²) in [5.41, 5.74) is 0. The van der Waals surface area contributed by atoms with E-state index in [0.29, 0.717) is 56.2 Å². The van der Waals surface area contributed by atoms with Crippen LogP contribution in [0.4, 0.5) is 9.59 Å². The monoisotopic (exact) mass is 455 g/mol. The van der Waals surface area contributed by atoms with Gasteiger partial charge in [0.25, 0.3) is 0 Å². The van der Waals surface area contributed by atoms with Crippen LogP contribution < -0.4 is 10.6 Å². The molecule has 4 N–H and O–H groups in total. The number of nitrogens with zero attached hydrogens (tertiary/aromatic N) is 2. The van der Waals surface area contributed by atoms with Crippen LogP contribution in [-0.4, -0.2) is 76.5 Å². The average Bonchev–Trinajstić information content (AvgIpc) is 3.42. The Balaban J connectivity index is 2.11. The fourth-order valence-corrected chi connectivity index (χ4v) is 5.16. The van der Waals surface area contributed by atoms with E-state index in [2.05, 4.69) is 10.6 Å². The Labute approximate surface area is 189 Å². The van der Waals surface area contributed by atoms with Crippen LogP contribution in [0.2, 0.25) is 0 Å². The zero-order valence-electron chi connectivity index (χ0n) is 19.1. The Hall–Kier alpha value is -2.04. The molecule has 1 saturated heterocycles. The summed E-state index contributed by atoms with van der Waals surface area (Å²) in [7, 11) is 0. The van der Waals surface area contributed by atoms with Gasteiger partial charge in [-0.1, -0.05) is 25.7 Å². The van der Waals surface area contributed by atoms with E-state index in [4.69, 9.17) is 5.11 Å². The Morgan fingerprint density at radius 1 is 1.12 bits per heavy atom. The number of carbonyl (C=O) groups excluding carboxylic acids is 4. The van der Waals surface area contributed by atoms with E-state index in [1.807, 2.05) is 6.92 Å². The van der Waals surface area contributed by atoms with Crippen molar-refractivity contribution in [2.24, 2.45) is 11.8 Å². The number of urea groups is 2. The van der Waals surface area contributed by atoms with Gasteiger partial charge in [0.2, 0.25) is 6.41 Å². The molecule has 32 heavy (non-hydrogen) atoms. The van der Waals surface area contributed by atoms with Crippen molar-refractivity contribution in [1.29, 1.82) is 0 Å². The normalized spacial score (nSPS) is 24.2. The van der Waals surface area contributed by atoms with E-state index in [0.717, 1.165) is 32.1 Å². The summed E-state index contributed by atoms with van der Waals surface area (Å²) >= 11 is 0. The lowest BCUT2D eigenvalue weighted by Crippen LogP contribution is -2.66. The van der Waals surface area contributed by atoms with E-state index in [1.165, 1.54) is 0 Å². The van der Waals surface area contributed by atoms with Crippen molar-refractivity contribution in [2.75, 3.05) is 26.2 Å². The number of nitrogens with one attached hydrogen (secondary N) is 2. The molecule has 0 aromatic heterocycles. The second-order valence-corrected chi connectivity index (χ2v) is 9.20. The number of imide groups is 2. The minimum Gasteiger partial charge on any atom is -0.396 e. The van der Waals surface area contributed by atoms with Gasteiger partial charge >= 0.3 is 18.0 Å². The SMILES string of the molecule is C[C@@H]1CCC[N+]1(C(=O)NC(=O)NCCCCCO)C(=O)[C@H](CC1CCCC1)CN(O)C=O. The van der Waals surface area contributed by atoms with Gasteiger partial charge in [-0.15, -0.1) is 0 Å². The van der Waals surface area contributed by atoms with Gasteiger partial charge in [-0.25, -0.2) is 24.8 Å². The number of likely N-dealkylation sites (tertiary alicyclic amines) is 1. The summed E-state index contributed by atoms with van der Waals surface area (Å²) in [4.78, 5) is 50.3. The van der Waals surface area contributed by atoms with E-state index >= 15 is 0 Å². The summed E-state index contributed by atoms with van der Waals surface area (Å²) in [6.07, 6.45) is 8.42. The minimum atomic E-state index is -0.679. The summed E-state index contributed by atoms with van der Waals surface area (Å²) < 4.78 is -0.484. The Kier molecular flexibility index (Phi) is 10.5. The molecule has 0 aromatic rings. The van der Waals surface area contributed by atoms with Gasteiger partial charge in [0.05, 0.1) is 19.0 Å². The molecule has 0 radical (unpaired) electrons. The number of carbonyl (C=O) groups is 4. The van der Waals surface area contributed by atoms with Crippen LogP contribution >= 0.6 is 0 Å². The molecule has 2 aliphatic rings. The smallest absolute Gasteiger partial charge is 0.396 e. The maximum atomic E-state index is 13.8. The van der Waals surface area contributed by atoms with E-state index < -0.39 is 22.5 Å². The molecule has 1 saturated carbocycles. The molecule has 10 nitrogen and oxygen atoms in total. The molecule has 10 heteroatoms. The van der Waals surface area contributed by atoms with Crippen LogP contribution in [0.5, 0.6) is 0 Å². The lowest BCUT2D eigenvalue weighted by molar-refractivity contribution is -0.786. The molecular weight excluding hydrogens is 416 g/mol. The largest absolute Gasteiger partial charge is 0.432 e. The summed E-state index contributed by atoms with van der Waals surface area (Å²) in [6, 6.07) is -1.60. The van der Waals surface area contributed by atoms with Crippen molar-refractivity contribution in [1.82, 2.24) is 15.7 Å². The number of amides is 6. The summed E-state index contributed by atoms with van der Waals surface area (Å²) in [5.74, 6) is -0.690. The lowest BCUT2D eigenvalue weighted by atomic mass is 9.91. The number of hydrogen-bond acceptors (Lipinski definition) is 6. The second kappa shape index (κ2) is 12.9. The Morgan fingerprint density at radius 2 is 1.84 bits per heavy atom. The van der Waals surface area contributed by atoms with Crippen molar-refractivity contribution in [2.45, 2.75) is 77.2 Å². The zero-order chi connectivity index (χ0) is 23.6. The van der Waals surface area contributed by atoms with Crippen molar-refractivity contribution >= 4 is 24.4 Å². The van der Waals surface area contributed by atoms with E-state index in [1.54, 1.807) is 0 Å². The molecule has 2 fully saturated rings. The fourth-order valence-electron chi connectivity index (χ4n) is 5.16. The predicted molar refractivity (Wildman–Crippen MR) is 116 cm³/mol. The zero-order valence-corrected chi connectivity index (χ0v) is 19.1. The molecule has 1 aliphatic carbocycles. The van der Waals surface area contributed by atoms with Gasteiger partial charge in [-0.3, -0.25) is 10.0 Å². The lowest BCUT2D eigenvalue weighted by Gasteiger charge is -2.36. The summed E-state index contributed by atoms with van der Waals surface area (Å²) in [5, 5.41) is 24.1. The highest BCUT2D eigenvalue weighted by Crippen LogP contribution is 2.35. The molecule has 3 atom stereocenters. The topological polar surface area (TPSA) is 136 Å². The molecule has 1 heterocycles. The van der Waals surface area contributed by atoms with Crippen LogP contribution in [0.1, 0.15) is 71.1 Å².